The van der Waals surface area contributed by atoms with E-state index in [4.69, 9.17) is 0 Å². The Morgan fingerprint density at radius 2 is 1.97 bits per heavy atom. The molecule has 2 heterocycles. The Morgan fingerprint density at radius 3 is 2.72 bits per heavy atom. The van der Waals surface area contributed by atoms with E-state index in [1.54, 1.807) is 0 Å². The number of nitrogens with zero attached hydrogens (tertiary/aromatic N) is 2. The lowest BCUT2D eigenvalue weighted by atomic mass is 9.93. The summed E-state index contributed by atoms with van der Waals surface area (Å²) in [6.07, 6.45) is 7.18. The van der Waals surface area contributed by atoms with Crippen molar-refractivity contribution in [3.8, 4) is 11.8 Å². The fourth-order valence-corrected chi connectivity index (χ4v) is 5.05. The van der Waals surface area contributed by atoms with E-state index >= 15 is 0 Å². The van der Waals surface area contributed by atoms with E-state index in [1.165, 1.54) is 5.56 Å². The molecule has 4 heteroatoms. The number of aryl methyl sites for hydroxylation is 1. The third kappa shape index (κ3) is 3.24. The van der Waals surface area contributed by atoms with Crippen LogP contribution in [0, 0.1) is 17.8 Å². The third-order valence-corrected chi connectivity index (χ3v) is 6.41. The Labute approximate surface area is 172 Å². The number of benzene rings is 1. The lowest BCUT2D eigenvalue weighted by Gasteiger charge is -2.37. The second-order valence-electron chi connectivity index (χ2n) is 9.10. The summed E-state index contributed by atoms with van der Waals surface area (Å²) in [7, 11) is 0. The summed E-state index contributed by atoms with van der Waals surface area (Å²) in [6, 6.07) is 7.76. The molecule has 1 fully saturated rings. The van der Waals surface area contributed by atoms with Crippen LogP contribution in [0.25, 0.3) is 0 Å². The van der Waals surface area contributed by atoms with Crippen LogP contribution in [0.15, 0.2) is 30.5 Å². The van der Waals surface area contributed by atoms with Gasteiger partial charge < -0.3 is 10.0 Å². The maximum atomic E-state index is 13.4. The number of carbonyl (C=O) groups is 1. The number of fused-ring (bicyclic) bond motifs is 2. The molecule has 1 aliphatic heterocycles. The smallest absolute Gasteiger partial charge is 0.256 e. The van der Waals surface area contributed by atoms with Gasteiger partial charge in [0.1, 0.15) is 0 Å². The van der Waals surface area contributed by atoms with Crippen LogP contribution in [0.1, 0.15) is 71.4 Å². The third-order valence-electron chi connectivity index (χ3n) is 6.41. The number of amides is 1. The summed E-state index contributed by atoms with van der Waals surface area (Å²) < 4.78 is 0. The molecule has 3 aliphatic rings. The highest BCUT2D eigenvalue weighted by Crippen LogP contribution is 2.43. The van der Waals surface area contributed by atoms with Gasteiger partial charge in [0.05, 0.1) is 17.2 Å². The van der Waals surface area contributed by atoms with E-state index in [9.17, 15) is 9.90 Å². The summed E-state index contributed by atoms with van der Waals surface area (Å²) in [5.74, 6) is 6.98. The molecule has 148 valence electrons. The lowest BCUT2D eigenvalue weighted by Crippen LogP contribution is -2.51. The van der Waals surface area contributed by atoms with Crippen molar-refractivity contribution in [3.63, 3.8) is 0 Å². The highest BCUT2D eigenvalue weighted by Gasteiger charge is 2.48. The standard InChI is InChI=1S/C25H26N2O2/c1-25(2,29)23(18-11-12-18)27-15-19-6-3-5-17(22(19)24(27)28)10-9-16-13-14-26-21-8-4-7-20(16)21/h3,5-6,13-14,18,23,29H,4,7-8,11-12,15H2,1-2H3/t23-/m0/s1. The Hall–Kier alpha value is -2.64. The Morgan fingerprint density at radius 1 is 1.17 bits per heavy atom. The first-order valence-electron chi connectivity index (χ1n) is 10.6. The first-order valence-corrected chi connectivity index (χ1v) is 10.6. The van der Waals surface area contributed by atoms with Crippen molar-refractivity contribution >= 4 is 5.91 Å². The van der Waals surface area contributed by atoms with E-state index in [0.717, 1.165) is 54.5 Å². The van der Waals surface area contributed by atoms with Gasteiger partial charge in [-0.05, 0) is 75.1 Å². The summed E-state index contributed by atoms with van der Waals surface area (Å²) in [5.41, 5.74) is 5.04. The van der Waals surface area contributed by atoms with Gasteiger partial charge >= 0.3 is 0 Å². The zero-order valence-corrected chi connectivity index (χ0v) is 17.0. The van der Waals surface area contributed by atoms with Crippen LogP contribution in [-0.4, -0.2) is 32.5 Å². The van der Waals surface area contributed by atoms with E-state index in [0.29, 0.717) is 18.0 Å². The molecular weight excluding hydrogens is 360 g/mol. The Balaban J connectivity index is 1.50. The zero-order valence-electron chi connectivity index (χ0n) is 17.0. The van der Waals surface area contributed by atoms with Crippen LogP contribution >= 0.6 is 0 Å². The van der Waals surface area contributed by atoms with Crippen molar-refractivity contribution in [1.29, 1.82) is 0 Å². The van der Waals surface area contributed by atoms with Crippen LogP contribution in [0.2, 0.25) is 0 Å². The molecule has 29 heavy (non-hydrogen) atoms. The number of pyridine rings is 1. The van der Waals surface area contributed by atoms with E-state index < -0.39 is 5.60 Å². The number of hydrogen-bond acceptors (Lipinski definition) is 3. The molecule has 0 saturated heterocycles. The Bertz CT molecular complexity index is 1050. The first-order chi connectivity index (χ1) is 13.9. The normalized spacial score (nSPS) is 18.9. The van der Waals surface area contributed by atoms with Gasteiger partial charge in [0, 0.05) is 29.6 Å². The minimum Gasteiger partial charge on any atom is -0.388 e. The molecule has 4 nitrogen and oxygen atoms in total. The van der Waals surface area contributed by atoms with Crippen molar-refractivity contribution in [2.45, 2.75) is 64.1 Å². The molecule has 2 aliphatic carbocycles. The van der Waals surface area contributed by atoms with Crippen molar-refractivity contribution in [2.24, 2.45) is 5.92 Å². The molecule has 0 radical (unpaired) electrons. The Kier molecular flexibility index (Phi) is 4.26. The molecule has 2 aromatic rings. The molecule has 1 aromatic carbocycles. The van der Waals surface area contributed by atoms with Crippen LogP contribution in [0.5, 0.6) is 0 Å². The molecule has 0 unspecified atom stereocenters. The average Bonchev–Trinajstić information content (AvgIpc) is 3.27. The second kappa shape index (κ2) is 6.71. The van der Waals surface area contributed by atoms with Gasteiger partial charge in [0.25, 0.3) is 5.91 Å². The van der Waals surface area contributed by atoms with E-state index in [-0.39, 0.29) is 11.9 Å². The van der Waals surface area contributed by atoms with Crippen molar-refractivity contribution < 1.29 is 9.90 Å². The molecule has 0 spiro atoms. The molecule has 1 N–H and O–H groups in total. The second-order valence-corrected chi connectivity index (χ2v) is 9.10. The van der Waals surface area contributed by atoms with Crippen molar-refractivity contribution in [1.82, 2.24) is 9.88 Å². The highest BCUT2D eigenvalue weighted by atomic mass is 16.3. The molecule has 1 amide bonds. The van der Waals surface area contributed by atoms with Crippen LogP contribution in [0.3, 0.4) is 0 Å². The van der Waals surface area contributed by atoms with Gasteiger partial charge in [-0.25, -0.2) is 0 Å². The lowest BCUT2D eigenvalue weighted by molar-refractivity contribution is -0.0224. The van der Waals surface area contributed by atoms with Gasteiger partial charge in [-0.3, -0.25) is 9.78 Å². The highest BCUT2D eigenvalue weighted by molar-refractivity contribution is 6.01. The largest absolute Gasteiger partial charge is 0.388 e. The molecule has 1 saturated carbocycles. The van der Waals surface area contributed by atoms with Crippen LogP contribution in [0.4, 0.5) is 0 Å². The number of hydrogen-bond donors (Lipinski definition) is 1. The summed E-state index contributed by atoms with van der Waals surface area (Å²) in [4.78, 5) is 19.7. The van der Waals surface area contributed by atoms with Gasteiger partial charge in [-0.1, -0.05) is 24.0 Å². The predicted octanol–water partition coefficient (Wildman–Crippen LogP) is 3.48. The maximum Gasteiger partial charge on any atom is 0.256 e. The fraction of sp³-hybridized carbons (Fsp3) is 0.440. The van der Waals surface area contributed by atoms with E-state index in [1.807, 2.05) is 49.2 Å². The molecule has 1 atom stereocenters. The zero-order chi connectivity index (χ0) is 20.2. The number of carbonyl (C=O) groups excluding carboxylic acids is 1. The quantitative estimate of drug-likeness (QED) is 0.822. The van der Waals surface area contributed by atoms with E-state index in [2.05, 4.69) is 16.8 Å². The SMILES string of the molecule is CC(C)(O)[C@H](C1CC1)N1Cc2cccc(C#Cc3ccnc4c3CCC4)c2C1=O. The van der Waals surface area contributed by atoms with Crippen LogP contribution < -0.4 is 0 Å². The number of aromatic nitrogens is 1. The fourth-order valence-electron chi connectivity index (χ4n) is 5.05. The monoisotopic (exact) mass is 386 g/mol. The predicted molar refractivity (Wildman–Crippen MR) is 111 cm³/mol. The van der Waals surface area contributed by atoms with Crippen molar-refractivity contribution in [3.05, 3.63) is 64.0 Å². The maximum absolute atomic E-state index is 13.4. The molecular formula is C25H26N2O2. The van der Waals surface area contributed by atoms with Gasteiger partial charge in [-0.15, -0.1) is 0 Å². The van der Waals surface area contributed by atoms with Gasteiger partial charge in [0.2, 0.25) is 0 Å². The molecule has 1 aromatic heterocycles. The average molecular weight is 386 g/mol. The van der Waals surface area contributed by atoms with Crippen LogP contribution in [-0.2, 0) is 19.4 Å². The molecule has 5 rings (SSSR count). The topological polar surface area (TPSA) is 53.4 Å². The van der Waals surface area contributed by atoms with Gasteiger partial charge in [0.15, 0.2) is 0 Å². The molecule has 0 bridgehead atoms. The summed E-state index contributed by atoms with van der Waals surface area (Å²) in [5, 5.41) is 10.7. The van der Waals surface area contributed by atoms with Gasteiger partial charge in [-0.2, -0.15) is 0 Å². The first kappa shape index (κ1) is 18.4. The summed E-state index contributed by atoms with van der Waals surface area (Å²) in [6.45, 7) is 4.19. The number of rotatable bonds is 3. The minimum absolute atomic E-state index is 0.00359. The minimum atomic E-state index is -0.914. The summed E-state index contributed by atoms with van der Waals surface area (Å²) >= 11 is 0. The number of aliphatic hydroxyl groups is 1. The van der Waals surface area contributed by atoms with Crippen molar-refractivity contribution in [2.75, 3.05) is 0 Å².